The van der Waals surface area contributed by atoms with Gasteiger partial charge in [-0.05, 0) is 49.1 Å². The fraction of sp³-hybridized carbons (Fsp3) is 0.350. The summed E-state index contributed by atoms with van der Waals surface area (Å²) in [5.74, 6) is -0.341. The van der Waals surface area contributed by atoms with E-state index in [1.54, 1.807) is 25.1 Å². The van der Waals surface area contributed by atoms with Gasteiger partial charge in [0.25, 0.3) is 0 Å². The number of rotatable bonds is 9. The Labute approximate surface area is 176 Å². The molecule has 28 heavy (non-hydrogen) atoms. The first-order valence-corrected chi connectivity index (χ1v) is 11.6. The fourth-order valence-corrected chi connectivity index (χ4v) is 4.60. The Morgan fingerprint density at radius 3 is 2.46 bits per heavy atom. The maximum Gasteiger partial charge on any atom is 0.243 e. The third-order valence-corrected chi connectivity index (χ3v) is 6.06. The second-order valence-electron chi connectivity index (χ2n) is 6.45. The van der Waals surface area contributed by atoms with Crippen molar-refractivity contribution >= 4 is 44.8 Å². The van der Waals surface area contributed by atoms with Gasteiger partial charge in [0, 0.05) is 16.6 Å². The monoisotopic (exact) mass is 442 g/mol. The van der Waals surface area contributed by atoms with Gasteiger partial charge in [-0.3, -0.25) is 9.10 Å². The van der Waals surface area contributed by atoms with Gasteiger partial charge < -0.3 is 5.32 Å². The Morgan fingerprint density at radius 2 is 1.86 bits per heavy atom. The summed E-state index contributed by atoms with van der Waals surface area (Å²) in [6.45, 7) is 2.20. The SMILES string of the molecule is CCC(C(=O)NCCCc1ccccc1Cl)N(c1cccc(Cl)c1)S(C)(=O)=O. The minimum Gasteiger partial charge on any atom is -0.354 e. The molecule has 1 atom stereocenters. The van der Waals surface area contributed by atoms with Gasteiger partial charge in [0.2, 0.25) is 15.9 Å². The number of amides is 1. The molecule has 0 aliphatic carbocycles. The van der Waals surface area contributed by atoms with Crippen LogP contribution < -0.4 is 9.62 Å². The first-order valence-electron chi connectivity index (χ1n) is 9.00. The predicted molar refractivity (Wildman–Crippen MR) is 116 cm³/mol. The molecule has 0 radical (unpaired) electrons. The van der Waals surface area contributed by atoms with E-state index in [-0.39, 0.29) is 5.91 Å². The van der Waals surface area contributed by atoms with Crippen molar-refractivity contribution in [2.45, 2.75) is 32.2 Å². The van der Waals surface area contributed by atoms with E-state index in [4.69, 9.17) is 23.2 Å². The van der Waals surface area contributed by atoms with E-state index >= 15 is 0 Å². The van der Waals surface area contributed by atoms with Crippen molar-refractivity contribution in [2.24, 2.45) is 0 Å². The van der Waals surface area contributed by atoms with E-state index in [2.05, 4.69) is 5.32 Å². The second kappa shape index (κ2) is 10.1. The molecule has 0 aliphatic heterocycles. The van der Waals surface area contributed by atoms with Crippen LogP contribution in [0, 0.1) is 0 Å². The number of nitrogens with one attached hydrogen (secondary N) is 1. The lowest BCUT2D eigenvalue weighted by Crippen LogP contribution is -2.49. The van der Waals surface area contributed by atoms with Gasteiger partial charge in [-0.25, -0.2) is 8.42 Å². The summed E-state index contributed by atoms with van der Waals surface area (Å²) in [6, 6.07) is 13.2. The molecule has 0 bridgehead atoms. The van der Waals surface area contributed by atoms with Gasteiger partial charge in [-0.15, -0.1) is 0 Å². The molecule has 0 aliphatic rings. The Kier molecular flexibility index (Phi) is 8.16. The number of benzene rings is 2. The highest BCUT2D eigenvalue weighted by Gasteiger charge is 2.31. The van der Waals surface area contributed by atoms with Crippen molar-refractivity contribution < 1.29 is 13.2 Å². The summed E-state index contributed by atoms with van der Waals surface area (Å²) in [5, 5.41) is 3.94. The van der Waals surface area contributed by atoms with E-state index in [9.17, 15) is 13.2 Å². The van der Waals surface area contributed by atoms with E-state index in [0.717, 1.165) is 22.5 Å². The van der Waals surface area contributed by atoms with Crippen LogP contribution in [0.3, 0.4) is 0 Å². The fourth-order valence-electron chi connectivity index (χ4n) is 2.98. The maximum absolute atomic E-state index is 12.7. The highest BCUT2D eigenvalue weighted by atomic mass is 35.5. The average Bonchev–Trinajstić information content (AvgIpc) is 2.63. The van der Waals surface area contributed by atoms with Crippen molar-refractivity contribution in [3.63, 3.8) is 0 Å². The largest absolute Gasteiger partial charge is 0.354 e. The minimum absolute atomic E-state index is 0.329. The topological polar surface area (TPSA) is 66.5 Å². The number of aryl methyl sites for hydroxylation is 1. The molecule has 2 rings (SSSR count). The number of hydrogen-bond acceptors (Lipinski definition) is 3. The second-order valence-corrected chi connectivity index (χ2v) is 9.15. The average molecular weight is 443 g/mol. The van der Waals surface area contributed by atoms with Crippen LogP contribution in [0.25, 0.3) is 0 Å². The zero-order valence-electron chi connectivity index (χ0n) is 15.9. The number of carbonyl (C=O) groups is 1. The maximum atomic E-state index is 12.7. The first kappa shape index (κ1) is 22.5. The molecule has 2 aromatic rings. The highest BCUT2D eigenvalue weighted by molar-refractivity contribution is 7.92. The summed E-state index contributed by atoms with van der Waals surface area (Å²) >= 11 is 12.1. The molecule has 1 N–H and O–H groups in total. The molecular weight excluding hydrogens is 419 g/mol. The third-order valence-electron chi connectivity index (χ3n) is 4.27. The lowest BCUT2D eigenvalue weighted by molar-refractivity contribution is -0.122. The smallest absolute Gasteiger partial charge is 0.243 e. The Hall–Kier alpha value is -1.76. The summed E-state index contributed by atoms with van der Waals surface area (Å²) in [7, 11) is -3.67. The highest BCUT2D eigenvalue weighted by Crippen LogP contribution is 2.25. The molecule has 0 saturated carbocycles. The Morgan fingerprint density at radius 1 is 1.14 bits per heavy atom. The summed E-state index contributed by atoms with van der Waals surface area (Å²) in [6.07, 6.45) is 2.83. The van der Waals surface area contributed by atoms with E-state index in [0.29, 0.717) is 35.1 Å². The van der Waals surface area contributed by atoms with Gasteiger partial charge in [0.05, 0.1) is 11.9 Å². The lowest BCUT2D eigenvalue weighted by atomic mass is 10.1. The number of hydrogen-bond donors (Lipinski definition) is 1. The number of carbonyl (C=O) groups excluding carboxylic acids is 1. The third kappa shape index (κ3) is 6.12. The van der Waals surface area contributed by atoms with Crippen molar-refractivity contribution in [2.75, 3.05) is 17.1 Å². The molecule has 1 unspecified atom stereocenters. The van der Waals surface area contributed by atoms with Crippen molar-refractivity contribution in [1.82, 2.24) is 5.32 Å². The van der Waals surface area contributed by atoms with Crippen LogP contribution in [0.15, 0.2) is 48.5 Å². The zero-order chi connectivity index (χ0) is 20.7. The summed E-state index contributed by atoms with van der Waals surface area (Å²) < 4.78 is 25.9. The molecule has 0 saturated heterocycles. The molecule has 0 heterocycles. The van der Waals surface area contributed by atoms with Crippen LogP contribution >= 0.6 is 23.2 Å². The van der Waals surface area contributed by atoms with Gasteiger partial charge in [0.1, 0.15) is 6.04 Å². The Balaban J connectivity index is 2.06. The van der Waals surface area contributed by atoms with E-state index in [1.807, 2.05) is 24.3 Å². The van der Waals surface area contributed by atoms with Crippen LogP contribution in [0.2, 0.25) is 10.0 Å². The van der Waals surface area contributed by atoms with Crippen molar-refractivity contribution in [3.05, 3.63) is 64.1 Å². The van der Waals surface area contributed by atoms with Crippen molar-refractivity contribution in [1.29, 1.82) is 0 Å². The standard InChI is InChI=1S/C20H24Cl2N2O3S/c1-3-19(24(28(2,26)27)17-11-6-10-16(21)14-17)20(25)23-13-7-9-15-8-4-5-12-18(15)22/h4-6,8,10-12,14,19H,3,7,9,13H2,1-2H3,(H,23,25). The van der Waals surface area contributed by atoms with Gasteiger partial charge in [-0.1, -0.05) is 54.4 Å². The molecule has 0 aromatic heterocycles. The molecule has 8 heteroatoms. The van der Waals surface area contributed by atoms with Crippen LogP contribution in [0.5, 0.6) is 0 Å². The number of sulfonamides is 1. The molecule has 0 fully saturated rings. The van der Waals surface area contributed by atoms with Crippen molar-refractivity contribution in [3.8, 4) is 0 Å². The van der Waals surface area contributed by atoms with Crippen LogP contribution in [0.4, 0.5) is 5.69 Å². The number of halogens is 2. The first-order chi connectivity index (χ1) is 13.2. The molecular formula is C20H24Cl2N2O3S. The quantitative estimate of drug-likeness (QED) is 0.588. The molecule has 5 nitrogen and oxygen atoms in total. The lowest BCUT2D eigenvalue weighted by Gasteiger charge is -2.30. The normalized spacial score (nSPS) is 12.4. The van der Waals surface area contributed by atoms with E-state index in [1.165, 1.54) is 6.07 Å². The van der Waals surface area contributed by atoms with Gasteiger partial charge in [0.15, 0.2) is 0 Å². The molecule has 2 aromatic carbocycles. The Bertz CT molecular complexity index is 919. The molecule has 152 valence electrons. The van der Waals surface area contributed by atoms with Gasteiger partial charge in [-0.2, -0.15) is 0 Å². The van der Waals surface area contributed by atoms with E-state index < -0.39 is 16.1 Å². The number of anilines is 1. The van der Waals surface area contributed by atoms with Crippen LogP contribution in [-0.4, -0.2) is 33.2 Å². The van der Waals surface area contributed by atoms with Gasteiger partial charge >= 0.3 is 0 Å². The summed E-state index contributed by atoms with van der Waals surface area (Å²) in [4.78, 5) is 12.7. The van der Waals surface area contributed by atoms with Crippen LogP contribution in [-0.2, 0) is 21.2 Å². The summed E-state index contributed by atoms with van der Waals surface area (Å²) in [5.41, 5.74) is 1.38. The van der Waals surface area contributed by atoms with Crippen LogP contribution in [0.1, 0.15) is 25.3 Å². The zero-order valence-corrected chi connectivity index (χ0v) is 18.2. The molecule has 1 amide bonds. The number of nitrogens with zero attached hydrogens (tertiary/aromatic N) is 1. The minimum atomic E-state index is -3.67. The predicted octanol–water partition coefficient (Wildman–Crippen LogP) is 4.29. The molecule has 0 spiro atoms.